The predicted octanol–water partition coefficient (Wildman–Crippen LogP) is 2.02. The zero-order chi connectivity index (χ0) is 13.4. The number of carbonyl (C=O) groups excluding carboxylic acids is 1. The second-order valence-corrected chi connectivity index (χ2v) is 4.03. The van der Waals surface area contributed by atoms with E-state index in [9.17, 15) is 4.79 Å². The first-order valence-electron chi connectivity index (χ1n) is 6.04. The third kappa shape index (κ3) is 4.67. The lowest BCUT2D eigenvalue weighted by Gasteiger charge is -2.18. The Labute approximate surface area is 108 Å². The highest BCUT2D eigenvalue weighted by molar-refractivity contribution is 5.87. The number of hydrogen-bond donors (Lipinski definition) is 0. The van der Waals surface area contributed by atoms with E-state index in [1.54, 1.807) is 13.1 Å². The molecule has 0 aliphatic heterocycles. The minimum Gasteiger partial charge on any atom is -0.466 e. The summed E-state index contributed by atoms with van der Waals surface area (Å²) in [6.45, 7) is 6.25. The third-order valence-corrected chi connectivity index (χ3v) is 2.72. The molecule has 0 aliphatic carbocycles. The molecule has 0 unspecified atom stereocenters. The van der Waals surface area contributed by atoms with Gasteiger partial charge in [-0.25, -0.2) is 4.79 Å². The maximum Gasteiger partial charge on any atom is 0.333 e. The molecule has 4 heteroatoms. The number of aromatic nitrogens is 1. The van der Waals surface area contributed by atoms with Gasteiger partial charge in [0.2, 0.25) is 0 Å². The number of ether oxygens (including phenoxy) is 1. The van der Waals surface area contributed by atoms with Gasteiger partial charge >= 0.3 is 5.97 Å². The lowest BCUT2D eigenvalue weighted by atomic mass is 10.2. The third-order valence-electron chi connectivity index (χ3n) is 2.72. The van der Waals surface area contributed by atoms with E-state index in [2.05, 4.69) is 21.5 Å². The molecule has 1 aromatic heterocycles. The smallest absolute Gasteiger partial charge is 0.333 e. The van der Waals surface area contributed by atoms with Crippen molar-refractivity contribution in [3.05, 3.63) is 41.7 Å². The summed E-state index contributed by atoms with van der Waals surface area (Å²) in [5, 5.41) is 0. The molecular weight excluding hydrogens is 228 g/mol. The lowest BCUT2D eigenvalue weighted by Crippen LogP contribution is -2.24. The molecule has 0 fully saturated rings. The molecule has 0 bridgehead atoms. The van der Waals surface area contributed by atoms with Crippen molar-refractivity contribution in [2.45, 2.75) is 20.4 Å². The highest BCUT2D eigenvalue weighted by Gasteiger charge is 2.06. The van der Waals surface area contributed by atoms with E-state index < -0.39 is 0 Å². The number of methoxy groups -OCH3 is 1. The van der Waals surface area contributed by atoms with Crippen LogP contribution >= 0.6 is 0 Å². The summed E-state index contributed by atoms with van der Waals surface area (Å²) >= 11 is 0. The Morgan fingerprint density at radius 2 is 2.28 bits per heavy atom. The minimum atomic E-state index is -0.274. The summed E-state index contributed by atoms with van der Waals surface area (Å²) in [4.78, 5) is 17.7. The number of hydrogen-bond acceptors (Lipinski definition) is 4. The van der Waals surface area contributed by atoms with Crippen LogP contribution < -0.4 is 0 Å². The van der Waals surface area contributed by atoms with Crippen molar-refractivity contribution in [2.24, 2.45) is 0 Å². The van der Waals surface area contributed by atoms with Gasteiger partial charge in [0.05, 0.1) is 12.8 Å². The zero-order valence-electron chi connectivity index (χ0n) is 11.2. The van der Waals surface area contributed by atoms with Crippen LogP contribution in [-0.2, 0) is 16.1 Å². The molecule has 98 valence electrons. The van der Waals surface area contributed by atoms with Crippen LogP contribution in [0.3, 0.4) is 0 Å². The van der Waals surface area contributed by atoms with Gasteiger partial charge in [0, 0.05) is 24.9 Å². The molecule has 0 aliphatic rings. The quantitative estimate of drug-likeness (QED) is 0.570. The van der Waals surface area contributed by atoms with E-state index in [0.29, 0.717) is 12.1 Å². The molecule has 1 aromatic rings. The number of esters is 1. The minimum absolute atomic E-state index is 0.274. The van der Waals surface area contributed by atoms with Crippen molar-refractivity contribution in [1.82, 2.24) is 9.88 Å². The molecule has 0 N–H and O–H groups in total. The van der Waals surface area contributed by atoms with Crippen LogP contribution in [0.15, 0.2) is 36.0 Å². The largest absolute Gasteiger partial charge is 0.466 e. The maximum atomic E-state index is 11.2. The SMILES string of the molecule is CCN(CC=C(C)C(=O)OC)Cc1ccccn1. The molecule has 18 heavy (non-hydrogen) atoms. The monoisotopic (exact) mass is 248 g/mol. The topological polar surface area (TPSA) is 42.4 Å². The molecule has 0 radical (unpaired) electrons. The first-order chi connectivity index (χ1) is 8.67. The Bertz CT molecular complexity index is 402. The van der Waals surface area contributed by atoms with Crippen molar-refractivity contribution >= 4 is 5.97 Å². The summed E-state index contributed by atoms with van der Waals surface area (Å²) in [6.07, 6.45) is 3.68. The van der Waals surface area contributed by atoms with Gasteiger partial charge in [-0.3, -0.25) is 9.88 Å². The van der Waals surface area contributed by atoms with Crippen LogP contribution in [0.2, 0.25) is 0 Å². The predicted molar refractivity (Wildman–Crippen MR) is 71.0 cm³/mol. The first-order valence-corrected chi connectivity index (χ1v) is 6.04. The summed E-state index contributed by atoms with van der Waals surface area (Å²) in [5.41, 5.74) is 1.67. The van der Waals surface area contributed by atoms with Crippen molar-refractivity contribution in [1.29, 1.82) is 0 Å². The molecule has 0 aromatic carbocycles. The fraction of sp³-hybridized carbons (Fsp3) is 0.429. The van der Waals surface area contributed by atoms with Crippen LogP contribution in [0, 0.1) is 0 Å². The highest BCUT2D eigenvalue weighted by Crippen LogP contribution is 2.03. The second kappa shape index (κ2) is 7.61. The summed E-state index contributed by atoms with van der Waals surface area (Å²) in [7, 11) is 1.39. The van der Waals surface area contributed by atoms with E-state index in [1.807, 2.05) is 24.3 Å². The van der Waals surface area contributed by atoms with E-state index in [4.69, 9.17) is 0 Å². The molecule has 4 nitrogen and oxygen atoms in total. The average Bonchev–Trinajstić information content (AvgIpc) is 2.43. The Morgan fingerprint density at radius 3 is 2.83 bits per heavy atom. The Morgan fingerprint density at radius 1 is 1.50 bits per heavy atom. The molecule has 0 saturated carbocycles. The van der Waals surface area contributed by atoms with Crippen molar-refractivity contribution < 1.29 is 9.53 Å². The average molecular weight is 248 g/mol. The fourth-order valence-electron chi connectivity index (χ4n) is 1.54. The molecule has 0 saturated heterocycles. The Kier molecular flexibility index (Phi) is 6.08. The zero-order valence-corrected chi connectivity index (χ0v) is 11.2. The molecule has 0 amide bonds. The van der Waals surface area contributed by atoms with Gasteiger partial charge in [0.15, 0.2) is 0 Å². The highest BCUT2D eigenvalue weighted by atomic mass is 16.5. The summed E-state index contributed by atoms with van der Waals surface area (Å²) in [5.74, 6) is -0.274. The molecule has 1 rings (SSSR count). The Balaban J connectivity index is 2.55. The van der Waals surface area contributed by atoms with E-state index in [-0.39, 0.29) is 5.97 Å². The van der Waals surface area contributed by atoms with Crippen LogP contribution in [0.5, 0.6) is 0 Å². The first kappa shape index (κ1) is 14.4. The van der Waals surface area contributed by atoms with Gasteiger partial charge in [-0.05, 0) is 25.6 Å². The van der Waals surface area contributed by atoms with Crippen molar-refractivity contribution in [2.75, 3.05) is 20.2 Å². The van der Waals surface area contributed by atoms with Crippen molar-refractivity contribution in [3.63, 3.8) is 0 Å². The van der Waals surface area contributed by atoms with Gasteiger partial charge in [0.1, 0.15) is 0 Å². The van der Waals surface area contributed by atoms with E-state index in [1.165, 1.54) is 7.11 Å². The van der Waals surface area contributed by atoms with Gasteiger partial charge in [-0.15, -0.1) is 0 Å². The molecular formula is C14H20N2O2. The number of rotatable bonds is 6. The standard InChI is InChI=1S/C14H20N2O2/c1-4-16(10-8-12(2)14(17)18-3)11-13-7-5-6-9-15-13/h5-9H,4,10-11H2,1-3H3. The number of nitrogens with zero attached hydrogens (tertiary/aromatic N) is 2. The van der Waals surface area contributed by atoms with Crippen LogP contribution in [-0.4, -0.2) is 36.1 Å². The van der Waals surface area contributed by atoms with Gasteiger partial charge in [0.25, 0.3) is 0 Å². The summed E-state index contributed by atoms with van der Waals surface area (Å²) < 4.78 is 4.66. The molecule has 0 spiro atoms. The second-order valence-electron chi connectivity index (χ2n) is 4.03. The maximum absolute atomic E-state index is 11.2. The fourth-order valence-corrected chi connectivity index (χ4v) is 1.54. The van der Waals surface area contributed by atoms with Crippen LogP contribution in [0.4, 0.5) is 0 Å². The van der Waals surface area contributed by atoms with Crippen LogP contribution in [0.25, 0.3) is 0 Å². The lowest BCUT2D eigenvalue weighted by molar-refractivity contribution is -0.136. The molecule has 1 heterocycles. The van der Waals surface area contributed by atoms with Crippen LogP contribution in [0.1, 0.15) is 19.5 Å². The Hall–Kier alpha value is -1.68. The van der Waals surface area contributed by atoms with E-state index in [0.717, 1.165) is 18.8 Å². The number of likely N-dealkylation sites (N-methyl/N-ethyl adjacent to an activating group) is 1. The van der Waals surface area contributed by atoms with E-state index >= 15 is 0 Å². The van der Waals surface area contributed by atoms with Crippen molar-refractivity contribution in [3.8, 4) is 0 Å². The van der Waals surface area contributed by atoms with Gasteiger partial charge in [-0.2, -0.15) is 0 Å². The molecule has 0 atom stereocenters. The number of pyridine rings is 1. The summed E-state index contributed by atoms with van der Waals surface area (Å²) in [6, 6.07) is 5.88. The number of carbonyl (C=O) groups is 1. The normalized spacial score (nSPS) is 11.7. The van der Waals surface area contributed by atoms with Gasteiger partial charge in [-0.1, -0.05) is 19.1 Å². The van der Waals surface area contributed by atoms with Gasteiger partial charge < -0.3 is 4.74 Å².